The molecule has 0 aromatic rings. The van der Waals surface area contributed by atoms with E-state index in [1.807, 2.05) is 0 Å². The molecular formula is C18H30N2O9. The normalized spacial score (nSPS) is 11.7. The smallest absolute Gasteiger partial charge is 0.333 e. The van der Waals surface area contributed by atoms with Gasteiger partial charge in [-0.3, -0.25) is 24.2 Å². The van der Waals surface area contributed by atoms with Gasteiger partial charge in [-0.1, -0.05) is 6.58 Å². The van der Waals surface area contributed by atoms with Crippen LogP contribution in [0.4, 0.5) is 0 Å². The molecule has 0 aliphatic rings. The number of hydrogen-bond donors (Lipinski definition) is 1. The molecule has 1 unspecified atom stereocenters. The van der Waals surface area contributed by atoms with E-state index in [2.05, 4.69) is 20.8 Å². The summed E-state index contributed by atoms with van der Waals surface area (Å²) in [7, 11) is 3.68. The first-order valence-electron chi connectivity index (χ1n) is 8.78. The van der Waals surface area contributed by atoms with Crippen molar-refractivity contribution < 1.29 is 43.2 Å². The average Bonchev–Trinajstić information content (AvgIpc) is 2.69. The molecule has 0 bridgehead atoms. The van der Waals surface area contributed by atoms with Crippen LogP contribution >= 0.6 is 0 Å². The molecular weight excluding hydrogens is 388 g/mol. The van der Waals surface area contributed by atoms with Gasteiger partial charge in [0.25, 0.3) is 0 Å². The summed E-state index contributed by atoms with van der Waals surface area (Å²) in [6.07, 6.45) is -1.07. The SMILES string of the molecule is C=C(C)C(=O)OCC(O)CN(CCN(CC(=O)OC)CC(=O)OC)CC(=O)OC. The Balaban J connectivity index is 4.92. The lowest BCUT2D eigenvalue weighted by atomic mass is 10.3. The van der Waals surface area contributed by atoms with Gasteiger partial charge < -0.3 is 24.1 Å². The fourth-order valence-electron chi connectivity index (χ4n) is 2.12. The fraction of sp³-hybridized carbons (Fsp3) is 0.667. The summed E-state index contributed by atoms with van der Waals surface area (Å²) >= 11 is 0. The second-order valence-corrected chi connectivity index (χ2v) is 6.21. The largest absolute Gasteiger partial charge is 0.468 e. The Bertz CT molecular complexity index is 562. The molecule has 0 aliphatic carbocycles. The van der Waals surface area contributed by atoms with Crippen molar-refractivity contribution in [2.75, 3.05) is 67.2 Å². The van der Waals surface area contributed by atoms with Crippen LogP contribution in [0.5, 0.6) is 0 Å². The van der Waals surface area contributed by atoms with Crippen molar-refractivity contribution in [1.82, 2.24) is 9.80 Å². The topological polar surface area (TPSA) is 132 Å². The van der Waals surface area contributed by atoms with Crippen molar-refractivity contribution in [2.45, 2.75) is 13.0 Å². The molecule has 0 aromatic carbocycles. The highest BCUT2D eigenvalue weighted by molar-refractivity contribution is 5.86. The quantitative estimate of drug-likeness (QED) is 0.203. The van der Waals surface area contributed by atoms with Crippen LogP contribution in [0.3, 0.4) is 0 Å². The molecule has 0 aromatic heterocycles. The average molecular weight is 418 g/mol. The second kappa shape index (κ2) is 14.5. The molecule has 0 heterocycles. The molecule has 29 heavy (non-hydrogen) atoms. The Morgan fingerprint density at radius 2 is 1.28 bits per heavy atom. The summed E-state index contributed by atoms with van der Waals surface area (Å²) in [5, 5.41) is 10.1. The maximum absolute atomic E-state index is 11.6. The minimum Gasteiger partial charge on any atom is -0.468 e. The highest BCUT2D eigenvalue weighted by Crippen LogP contribution is 2.00. The third-order valence-corrected chi connectivity index (χ3v) is 3.70. The number of carbonyl (C=O) groups is 4. The number of nitrogens with zero attached hydrogens (tertiary/aromatic N) is 2. The maximum Gasteiger partial charge on any atom is 0.333 e. The van der Waals surface area contributed by atoms with Crippen molar-refractivity contribution in [3.63, 3.8) is 0 Å². The summed E-state index contributed by atoms with van der Waals surface area (Å²) in [5.41, 5.74) is 0.199. The minimum atomic E-state index is -1.07. The molecule has 0 aliphatic heterocycles. The Labute approximate surface area is 170 Å². The Morgan fingerprint density at radius 3 is 1.69 bits per heavy atom. The van der Waals surface area contributed by atoms with Crippen LogP contribution in [0.2, 0.25) is 0 Å². The second-order valence-electron chi connectivity index (χ2n) is 6.21. The van der Waals surface area contributed by atoms with Crippen molar-refractivity contribution in [1.29, 1.82) is 0 Å². The first kappa shape index (κ1) is 26.5. The van der Waals surface area contributed by atoms with E-state index in [9.17, 15) is 24.3 Å². The lowest BCUT2D eigenvalue weighted by molar-refractivity contribution is -0.147. The van der Waals surface area contributed by atoms with Gasteiger partial charge in [-0.2, -0.15) is 0 Å². The molecule has 0 saturated carbocycles. The van der Waals surface area contributed by atoms with Gasteiger partial charge >= 0.3 is 23.9 Å². The Morgan fingerprint density at radius 1 is 0.862 bits per heavy atom. The zero-order valence-corrected chi connectivity index (χ0v) is 17.3. The molecule has 0 radical (unpaired) electrons. The van der Waals surface area contributed by atoms with E-state index in [4.69, 9.17) is 4.74 Å². The summed E-state index contributed by atoms with van der Waals surface area (Å²) < 4.78 is 18.7. The zero-order chi connectivity index (χ0) is 22.4. The number of ether oxygens (including phenoxy) is 4. The number of hydrogen-bond acceptors (Lipinski definition) is 11. The minimum absolute atomic E-state index is 0.0111. The molecule has 1 atom stereocenters. The molecule has 0 fully saturated rings. The van der Waals surface area contributed by atoms with Gasteiger partial charge in [0.1, 0.15) is 12.7 Å². The number of esters is 4. The zero-order valence-electron chi connectivity index (χ0n) is 17.3. The standard InChI is InChI=1S/C18H30N2O9/c1-13(2)18(25)29-12-14(21)8-19(9-15(22)26-3)6-7-20(10-16(23)27-4)11-17(24)28-5/h14,21H,1,6-12H2,2-5H3. The molecule has 0 amide bonds. The Kier molecular flexibility index (Phi) is 13.2. The number of aliphatic hydroxyl groups excluding tert-OH is 1. The van der Waals surface area contributed by atoms with Crippen LogP contribution in [-0.4, -0.2) is 112 Å². The van der Waals surface area contributed by atoms with Crippen LogP contribution in [0.15, 0.2) is 12.2 Å². The van der Waals surface area contributed by atoms with E-state index in [0.717, 1.165) is 0 Å². The van der Waals surface area contributed by atoms with Crippen LogP contribution in [0, 0.1) is 0 Å². The fourth-order valence-corrected chi connectivity index (χ4v) is 2.12. The Hall–Kier alpha value is -2.50. The van der Waals surface area contributed by atoms with Gasteiger partial charge in [-0.05, 0) is 6.92 Å². The van der Waals surface area contributed by atoms with Gasteiger partial charge in [-0.15, -0.1) is 0 Å². The van der Waals surface area contributed by atoms with Crippen molar-refractivity contribution >= 4 is 23.9 Å². The van der Waals surface area contributed by atoms with Gasteiger partial charge in [0.05, 0.1) is 41.0 Å². The molecule has 11 nitrogen and oxygen atoms in total. The highest BCUT2D eigenvalue weighted by atomic mass is 16.5. The van der Waals surface area contributed by atoms with E-state index in [-0.39, 0.29) is 51.4 Å². The molecule has 0 rings (SSSR count). The lowest BCUT2D eigenvalue weighted by Gasteiger charge is -2.27. The summed E-state index contributed by atoms with van der Waals surface area (Å²) in [5.74, 6) is -2.25. The van der Waals surface area contributed by atoms with E-state index < -0.39 is 30.0 Å². The van der Waals surface area contributed by atoms with Crippen molar-refractivity contribution in [3.8, 4) is 0 Å². The predicted octanol–water partition coefficient (Wildman–Crippen LogP) is -1.41. The summed E-state index contributed by atoms with van der Waals surface area (Å²) in [4.78, 5) is 49.2. The molecule has 0 saturated heterocycles. The lowest BCUT2D eigenvalue weighted by Crippen LogP contribution is -2.45. The first-order chi connectivity index (χ1) is 13.6. The maximum atomic E-state index is 11.6. The monoisotopic (exact) mass is 418 g/mol. The third kappa shape index (κ3) is 12.5. The van der Waals surface area contributed by atoms with Gasteiger partial charge in [0.15, 0.2) is 0 Å². The predicted molar refractivity (Wildman–Crippen MR) is 101 cm³/mol. The molecule has 0 spiro atoms. The summed E-state index contributed by atoms with van der Waals surface area (Å²) in [6, 6.07) is 0. The number of carbonyl (C=O) groups excluding carboxylic acids is 4. The van der Waals surface area contributed by atoms with E-state index >= 15 is 0 Å². The van der Waals surface area contributed by atoms with Crippen LogP contribution in [0.1, 0.15) is 6.92 Å². The van der Waals surface area contributed by atoms with E-state index in [0.29, 0.717) is 0 Å². The van der Waals surface area contributed by atoms with Crippen LogP contribution in [-0.2, 0) is 38.1 Å². The number of methoxy groups -OCH3 is 3. The first-order valence-corrected chi connectivity index (χ1v) is 8.78. The van der Waals surface area contributed by atoms with Gasteiger partial charge in [0.2, 0.25) is 0 Å². The molecule has 11 heteroatoms. The van der Waals surface area contributed by atoms with Crippen molar-refractivity contribution in [2.24, 2.45) is 0 Å². The van der Waals surface area contributed by atoms with Crippen molar-refractivity contribution in [3.05, 3.63) is 12.2 Å². The molecule has 1 N–H and O–H groups in total. The van der Waals surface area contributed by atoms with Gasteiger partial charge in [-0.25, -0.2) is 4.79 Å². The number of aliphatic hydroxyl groups is 1. The van der Waals surface area contributed by atoms with Crippen LogP contribution < -0.4 is 0 Å². The molecule has 166 valence electrons. The van der Waals surface area contributed by atoms with E-state index in [1.165, 1.54) is 33.2 Å². The van der Waals surface area contributed by atoms with E-state index in [1.54, 1.807) is 4.90 Å². The van der Waals surface area contributed by atoms with Crippen LogP contribution in [0.25, 0.3) is 0 Å². The summed E-state index contributed by atoms with van der Waals surface area (Å²) in [6.45, 7) is 4.57. The van der Waals surface area contributed by atoms with Gasteiger partial charge in [0, 0.05) is 25.2 Å². The third-order valence-electron chi connectivity index (χ3n) is 3.70. The highest BCUT2D eigenvalue weighted by Gasteiger charge is 2.20. The number of rotatable bonds is 14.